The second kappa shape index (κ2) is 6.27. The van der Waals surface area contributed by atoms with Gasteiger partial charge in [-0.25, -0.2) is 4.98 Å². The highest BCUT2D eigenvalue weighted by molar-refractivity contribution is 4.98. The van der Waals surface area contributed by atoms with Gasteiger partial charge in [0.25, 0.3) is 0 Å². The normalized spacial score (nSPS) is 11.0. The highest BCUT2D eigenvalue weighted by atomic mass is 16.5. The molecule has 0 spiro atoms. The predicted molar refractivity (Wildman–Crippen MR) is 65.9 cm³/mol. The quantitative estimate of drug-likeness (QED) is 0.689. The molecule has 98 valence electrons. The Morgan fingerprint density at radius 2 is 2.28 bits per heavy atom. The third kappa shape index (κ3) is 3.38. The van der Waals surface area contributed by atoms with E-state index in [1.54, 1.807) is 13.4 Å². The molecule has 0 bridgehead atoms. The zero-order valence-electron chi connectivity index (χ0n) is 10.7. The van der Waals surface area contributed by atoms with Crippen molar-refractivity contribution in [3.8, 4) is 0 Å². The number of ether oxygens (including phenoxy) is 1. The van der Waals surface area contributed by atoms with Crippen molar-refractivity contribution in [2.75, 3.05) is 20.3 Å². The minimum atomic E-state index is 0.682. The zero-order chi connectivity index (χ0) is 12.8. The molecule has 0 aromatic carbocycles. The summed E-state index contributed by atoms with van der Waals surface area (Å²) < 4.78 is 8.86. The maximum Gasteiger partial charge on any atom is 0.152 e. The highest BCUT2D eigenvalue weighted by Crippen LogP contribution is 2.00. The lowest BCUT2D eigenvalue weighted by Gasteiger charge is -2.01. The molecule has 7 nitrogen and oxygen atoms in total. The molecule has 0 saturated carbocycles. The summed E-state index contributed by atoms with van der Waals surface area (Å²) in [6, 6.07) is 0. The predicted octanol–water partition coefficient (Wildman–Crippen LogP) is -0.204. The largest absolute Gasteiger partial charge is 0.383 e. The standard InChI is InChI=1S/C11H18N6O/c1-16-9-14-15-11(16)7-17-6-10(13-8-17)5-12-3-4-18-2/h6,8-9,12H,3-5,7H2,1-2H3. The molecule has 2 heterocycles. The minimum absolute atomic E-state index is 0.682. The third-order valence-corrected chi connectivity index (χ3v) is 2.60. The maximum absolute atomic E-state index is 4.96. The first kappa shape index (κ1) is 12.7. The molecular formula is C11H18N6O. The number of nitrogens with zero attached hydrogens (tertiary/aromatic N) is 5. The lowest BCUT2D eigenvalue weighted by atomic mass is 10.4. The first-order valence-electron chi connectivity index (χ1n) is 5.83. The van der Waals surface area contributed by atoms with Crippen molar-refractivity contribution in [1.29, 1.82) is 0 Å². The van der Waals surface area contributed by atoms with Crippen LogP contribution in [0, 0.1) is 0 Å². The van der Waals surface area contributed by atoms with E-state index in [2.05, 4.69) is 20.5 Å². The highest BCUT2D eigenvalue weighted by Gasteiger charge is 2.03. The number of nitrogens with one attached hydrogen (secondary N) is 1. The van der Waals surface area contributed by atoms with Crippen molar-refractivity contribution in [2.45, 2.75) is 13.1 Å². The first-order chi connectivity index (χ1) is 8.79. The Kier molecular flexibility index (Phi) is 4.43. The molecule has 0 aliphatic carbocycles. The summed E-state index contributed by atoms with van der Waals surface area (Å²) >= 11 is 0. The van der Waals surface area contributed by atoms with Crippen molar-refractivity contribution < 1.29 is 4.74 Å². The summed E-state index contributed by atoms with van der Waals surface area (Å²) in [5.74, 6) is 0.909. The number of aromatic nitrogens is 5. The van der Waals surface area contributed by atoms with E-state index < -0.39 is 0 Å². The SMILES string of the molecule is COCCNCc1cn(Cc2nncn2C)cn1. The number of methoxy groups -OCH3 is 1. The monoisotopic (exact) mass is 250 g/mol. The molecule has 0 amide bonds. The van der Waals surface area contributed by atoms with Crippen LogP contribution in [0.5, 0.6) is 0 Å². The van der Waals surface area contributed by atoms with Crippen LogP contribution in [0.1, 0.15) is 11.5 Å². The van der Waals surface area contributed by atoms with E-state index in [9.17, 15) is 0 Å². The van der Waals surface area contributed by atoms with Gasteiger partial charge in [0, 0.05) is 33.4 Å². The van der Waals surface area contributed by atoms with Crippen LogP contribution in [0.25, 0.3) is 0 Å². The number of imidazole rings is 1. The van der Waals surface area contributed by atoms with Gasteiger partial charge >= 0.3 is 0 Å². The molecule has 0 saturated heterocycles. The van der Waals surface area contributed by atoms with Crippen LogP contribution in [-0.2, 0) is 24.9 Å². The van der Waals surface area contributed by atoms with Crippen molar-refractivity contribution in [2.24, 2.45) is 7.05 Å². The summed E-state index contributed by atoms with van der Waals surface area (Å²) in [6.45, 7) is 2.96. The first-order valence-corrected chi connectivity index (χ1v) is 5.83. The number of aryl methyl sites for hydroxylation is 1. The maximum atomic E-state index is 4.96. The van der Waals surface area contributed by atoms with E-state index >= 15 is 0 Å². The molecule has 1 N–H and O–H groups in total. The lowest BCUT2D eigenvalue weighted by Crippen LogP contribution is -2.18. The Balaban J connectivity index is 1.84. The Labute approximate surface area is 106 Å². The van der Waals surface area contributed by atoms with Gasteiger partial charge in [0.15, 0.2) is 5.82 Å². The van der Waals surface area contributed by atoms with Gasteiger partial charge < -0.3 is 19.2 Å². The molecular weight excluding hydrogens is 232 g/mol. The second-order valence-electron chi connectivity index (χ2n) is 4.06. The van der Waals surface area contributed by atoms with Crippen molar-refractivity contribution in [1.82, 2.24) is 29.6 Å². The van der Waals surface area contributed by atoms with Crippen LogP contribution < -0.4 is 5.32 Å². The molecule has 2 rings (SSSR count). The zero-order valence-corrected chi connectivity index (χ0v) is 10.7. The topological polar surface area (TPSA) is 69.8 Å². The number of rotatable bonds is 7. The molecule has 2 aromatic heterocycles. The lowest BCUT2D eigenvalue weighted by molar-refractivity contribution is 0.199. The van der Waals surface area contributed by atoms with Gasteiger partial charge in [-0.2, -0.15) is 0 Å². The summed E-state index contributed by atoms with van der Waals surface area (Å²) in [6.07, 6.45) is 5.51. The molecule has 0 aliphatic heterocycles. The molecule has 7 heteroatoms. The molecule has 0 radical (unpaired) electrons. The van der Waals surface area contributed by atoms with Crippen LogP contribution in [0.3, 0.4) is 0 Å². The third-order valence-electron chi connectivity index (χ3n) is 2.60. The Bertz CT molecular complexity index is 477. The van der Waals surface area contributed by atoms with Gasteiger partial charge in [-0.15, -0.1) is 10.2 Å². The number of hydrogen-bond donors (Lipinski definition) is 1. The van der Waals surface area contributed by atoms with Gasteiger partial charge in [-0.05, 0) is 0 Å². The van der Waals surface area contributed by atoms with Crippen LogP contribution >= 0.6 is 0 Å². The molecule has 0 aliphatic rings. The average Bonchev–Trinajstić information content (AvgIpc) is 2.96. The summed E-state index contributed by atoms with van der Waals surface area (Å²) in [7, 11) is 3.62. The Hall–Kier alpha value is -1.73. The fourth-order valence-electron chi connectivity index (χ4n) is 1.59. The minimum Gasteiger partial charge on any atom is -0.383 e. The van der Waals surface area contributed by atoms with Gasteiger partial charge in [0.2, 0.25) is 0 Å². The van der Waals surface area contributed by atoms with E-state index in [4.69, 9.17) is 4.74 Å². The molecule has 0 atom stereocenters. The van der Waals surface area contributed by atoms with Crippen molar-refractivity contribution >= 4 is 0 Å². The van der Waals surface area contributed by atoms with Crippen LogP contribution in [-0.4, -0.2) is 44.6 Å². The van der Waals surface area contributed by atoms with Crippen LogP contribution in [0.2, 0.25) is 0 Å². The molecule has 18 heavy (non-hydrogen) atoms. The fraction of sp³-hybridized carbons (Fsp3) is 0.545. The summed E-state index contributed by atoms with van der Waals surface area (Å²) in [5, 5.41) is 11.1. The van der Waals surface area contributed by atoms with Gasteiger partial charge in [-0.1, -0.05) is 0 Å². The van der Waals surface area contributed by atoms with Gasteiger partial charge in [0.05, 0.1) is 25.2 Å². The summed E-state index contributed by atoms with van der Waals surface area (Å²) in [4.78, 5) is 4.33. The summed E-state index contributed by atoms with van der Waals surface area (Å²) in [5.41, 5.74) is 1.01. The smallest absolute Gasteiger partial charge is 0.152 e. The van der Waals surface area contributed by atoms with Crippen LogP contribution in [0.15, 0.2) is 18.9 Å². The fourth-order valence-corrected chi connectivity index (χ4v) is 1.59. The van der Waals surface area contributed by atoms with Crippen LogP contribution in [0.4, 0.5) is 0 Å². The van der Waals surface area contributed by atoms with E-state index in [0.717, 1.165) is 24.6 Å². The number of hydrogen-bond acceptors (Lipinski definition) is 5. The Morgan fingerprint density at radius 1 is 1.39 bits per heavy atom. The molecule has 0 unspecified atom stereocenters. The van der Waals surface area contributed by atoms with Gasteiger partial charge in [-0.3, -0.25) is 0 Å². The van der Waals surface area contributed by atoms with E-state index in [1.807, 2.05) is 28.7 Å². The van der Waals surface area contributed by atoms with E-state index in [-0.39, 0.29) is 0 Å². The molecule has 2 aromatic rings. The average molecular weight is 250 g/mol. The Morgan fingerprint density at radius 3 is 3.00 bits per heavy atom. The molecule has 0 fully saturated rings. The van der Waals surface area contributed by atoms with Crippen molar-refractivity contribution in [3.05, 3.63) is 30.4 Å². The second-order valence-corrected chi connectivity index (χ2v) is 4.06. The van der Waals surface area contributed by atoms with Gasteiger partial charge in [0.1, 0.15) is 6.33 Å². The van der Waals surface area contributed by atoms with E-state index in [1.165, 1.54) is 0 Å². The van der Waals surface area contributed by atoms with E-state index in [0.29, 0.717) is 13.2 Å². The van der Waals surface area contributed by atoms with Crippen molar-refractivity contribution in [3.63, 3.8) is 0 Å².